The van der Waals surface area contributed by atoms with Gasteiger partial charge in [0.05, 0.1) is 0 Å². The van der Waals surface area contributed by atoms with E-state index >= 15 is 0 Å². The highest BCUT2D eigenvalue weighted by atomic mass is 19.5. The van der Waals surface area contributed by atoms with Crippen LogP contribution >= 0.6 is 0 Å². The van der Waals surface area contributed by atoms with Crippen molar-refractivity contribution in [3.63, 3.8) is 0 Å². The van der Waals surface area contributed by atoms with Crippen LogP contribution in [0.15, 0.2) is 30.3 Å². The molecule has 0 spiro atoms. The molecule has 1 aromatic rings. The Morgan fingerprint density at radius 3 is 1.40 bits per heavy atom. The molecule has 0 aliphatic heterocycles. The second kappa shape index (κ2) is 5.19. The molecule has 15 heavy (non-hydrogen) atoms. The van der Waals surface area contributed by atoms with Crippen LogP contribution in [0.2, 0.25) is 0 Å². The highest BCUT2D eigenvalue weighted by molar-refractivity contribution is 6.50. The summed E-state index contributed by atoms with van der Waals surface area (Å²) >= 11 is 0. The maximum Gasteiger partial charge on any atom is 0.673 e. The lowest BCUT2D eigenvalue weighted by Crippen LogP contribution is -2.10. The molecule has 0 N–H and O–H groups in total. The van der Waals surface area contributed by atoms with Gasteiger partial charge < -0.3 is 17.3 Å². The van der Waals surface area contributed by atoms with Crippen LogP contribution in [0.1, 0.15) is 26.3 Å². The van der Waals surface area contributed by atoms with Gasteiger partial charge in [-0.05, 0) is 11.0 Å². The van der Waals surface area contributed by atoms with Crippen molar-refractivity contribution < 1.29 is 17.3 Å². The van der Waals surface area contributed by atoms with Gasteiger partial charge >= 0.3 is 7.25 Å². The van der Waals surface area contributed by atoms with Crippen molar-refractivity contribution in [2.75, 3.05) is 0 Å². The molecule has 86 valence electrons. The molecule has 0 radical (unpaired) electrons. The average molecular weight is 221 g/mol. The molecule has 0 aliphatic carbocycles. The molecule has 0 bridgehead atoms. The predicted octanol–water partition coefficient (Wildman–Crippen LogP) is 4.28. The van der Waals surface area contributed by atoms with Crippen LogP contribution < -0.4 is 0 Å². The summed E-state index contributed by atoms with van der Waals surface area (Å²) in [6.45, 7) is 6.67. The summed E-state index contributed by atoms with van der Waals surface area (Å²) in [6, 6.07) is 10.6. The molecular formula is C10H14BF4-. The van der Waals surface area contributed by atoms with Gasteiger partial charge in [-0.1, -0.05) is 51.1 Å². The Bertz CT molecular complexity index is 268. The lowest BCUT2D eigenvalue weighted by atomic mass is 9.87. The van der Waals surface area contributed by atoms with E-state index in [1.54, 1.807) is 0 Å². The fourth-order valence-corrected chi connectivity index (χ4v) is 0.938. The lowest BCUT2D eigenvalue weighted by molar-refractivity contribution is 0.368. The minimum atomic E-state index is -6.00. The highest BCUT2D eigenvalue weighted by Gasteiger charge is 2.20. The average Bonchev–Trinajstić information content (AvgIpc) is 2.01. The molecule has 1 aromatic carbocycles. The number of benzene rings is 1. The van der Waals surface area contributed by atoms with Crippen LogP contribution in [-0.4, -0.2) is 7.25 Å². The van der Waals surface area contributed by atoms with E-state index in [1.807, 2.05) is 0 Å². The van der Waals surface area contributed by atoms with Gasteiger partial charge in [-0.25, -0.2) is 0 Å². The molecular weight excluding hydrogens is 207 g/mol. The molecule has 0 nitrogen and oxygen atoms in total. The molecule has 0 amide bonds. The predicted molar refractivity (Wildman–Crippen MR) is 55.3 cm³/mol. The highest BCUT2D eigenvalue weighted by Crippen LogP contribution is 2.20. The summed E-state index contributed by atoms with van der Waals surface area (Å²) in [5.41, 5.74) is 1.69. The Kier molecular flexibility index (Phi) is 4.84. The first-order chi connectivity index (χ1) is 6.61. The van der Waals surface area contributed by atoms with Crippen molar-refractivity contribution in [2.45, 2.75) is 26.2 Å². The van der Waals surface area contributed by atoms with E-state index < -0.39 is 7.25 Å². The Labute approximate surface area is 87.4 Å². The van der Waals surface area contributed by atoms with Gasteiger partial charge in [0.1, 0.15) is 0 Å². The second-order valence-electron chi connectivity index (χ2n) is 4.11. The third-order valence-corrected chi connectivity index (χ3v) is 1.64. The standard InChI is InChI=1S/C10H14.BF4/c1-10(2,3)9-7-5-4-6-8-9;2-1(3,4)5/h4-8H,1-3H3;/q;-1. The molecule has 0 saturated carbocycles. The van der Waals surface area contributed by atoms with E-state index in [0.29, 0.717) is 5.41 Å². The minimum absolute atomic E-state index is 0.293. The maximum absolute atomic E-state index is 9.75. The molecule has 0 aromatic heterocycles. The SMILES string of the molecule is CC(C)(C)c1ccccc1.F[B-](F)(F)F. The monoisotopic (exact) mass is 221 g/mol. The zero-order chi connectivity index (χ0) is 12.1. The summed E-state index contributed by atoms with van der Waals surface area (Å²) < 4.78 is 39.0. The number of rotatable bonds is 0. The molecule has 1 rings (SSSR count). The first-order valence-electron chi connectivity index (χ1n) is 4.53. The van der Waals surface area contributed by atoms with Gasteiger partial charge in [-0.3, -0.25) is 0 Å². The van der Waals surface area contributed by atoms with Crippen LogP contribution in [0, 0.1) is 0 Å². The molecule has 0 heterocycles. The van der Waals surface area contributed by atoms with Crippen molar-refractivity contribution in [3.8, 4) is 0 Å². The summed E-state index contributed by atoms with van der Waals surface area (Å²) in [5.74, 6) is 0. The minimum Gasteiger partial charge on any atom is -0.418 e. The topological polar surface area (TPSA) is 0 Å². The number of hydrogen-bond donors (Lipinski definition) is 0. The van der Waals surface area contributed by atoms with Crippen LogP contribution in [0.5, 0.6) is 0 Å². The first kappa shape index (κ1) is 14.0. The summed E-state index contributed by atoms with van der Waals surface area (Å²) in [6.07, 6.45) is 0. The van der Waals surface area contributed by atoms with E-state index in [4.69, 9.17) is 0 Å². The van der Waals surface area contributed by atoms with Gasteiger partial charge in [0, 0.05) is 0 Å². The van der Waals surface area contributed by atoms with Crippen molar-refractivity contribution >= 4 is 7.25 Å². The van der Waals surface area contributed by atoms with Crippen LogP contribution in [0.3, 0.4) is 0 Å². The van der Waals surface area contributed by atoms with Crippen LogP contribution in [-0.2, 0) is 5.41 Å². The zero-order valence-corrected chi connectivity index (χ0v) is 8.98. The lowest BCUT2D eigenvalue weighted by Gasteiger charge is -2.18. The Morgan fingerprint density at radius 1 is 0.867 bits per heavy atom. The van der Waals surface area contributed by atoms with E-state index in [0.717, 1.165) is 0 Å². The fraction of sp³-hybridized carbons (Fsp3) is 0.400. The van der Waals surface area contributed by atoms with Gasteiger partial charge in [0.2, 0.25) is 0 Å². The number of hydrogen-bond acceptors (Lipinski definition) is 0. The van der Waals surface area contributed by atoms with E-state index in [2.05, 4.69) is 51.1 Å². The molecule has 0 saturated heterocycles. The quantitative estimate of drug-likeness (QED) is 0.453. The van der Waals surface area contributed by atoms with Gasteiger partial charge in [-0.2, -0.15) is 0 Å². The summed E-state index contributed by atoms with van der Waals surface area (Å²) in [5, 5.41) is 0. The maximum atomic E-state index is 9.75. The number of halogens is 4. The molecule has 5 heteroatoms. The molecule has 0 aliphatic rings. The zero-order valence-electron chi connectivity index (χ0n) is 8.98. The largest absolute Gasteiger partial charge is 0.673 e. The van der Waals surface area contributed by atoms with Crippen molar-refractivity contribution in [1.29, 1.82) is 0 Å². The van der Waals surface area contributed by atoms with E-state index in [1.165, 1.54) is 5.56 Å². The fourth-order valence-electron chi connectivity index (χ4n) is 0.938. The van der Waals surface area contributed by atoms with Crippen molar-refractivity contribution in [2.24, 2.45) is 0 Å². The summed E-state index contributed by atoms with van der Waals surface area (Å²) in [7, 11) is -6.00. The summed E-state index contributed by atoms with van der Waals surface area (Å²) in [4.78, 5) is 0. The van der Waals surface area contributed by atoms with Gasteiger partial charge in [0.25, 0.3) is 0 Å². The first-order valence-corrected chi connectivity index (χ1v) is 4.53. The molecule has 0 unspecified atom stereocenters. The van der Waals surface area contributed by atoms with Crippen molar-refractivity contribution in [1.82, 2.24) is 0 Å². The van der Waals surface area contributed by atoms with Gasteiger partial charge in [0.15, 0.2) is 0 Å². The van der Waals surface area contributed by atoms with Gasteiger partial charge in [-0.15, -0.1) is 0 Å². The van der Waals surface area contributed by atoms with Crippen molar-refractivity contribution in [3.05, 3.63) is 35.9 Å². The smallest absolute Gasteiger partial charge is 0.418 e. The van der Waals surface area contributed by atoms with E-state index in [9.17, 15) is 17.3 Å². The Hall–Kier alpha value is -0.995. The molecule has 0 atom stereocenters. The normalized spacial score (nSPS) is 11.7. The Morgan fingerprint density at radius 2 is 1.20 bits per heavy atom. The molecule has 0 fully saturated rings. The van der Waals surface area contributed by atoms with Crippen LogP contribution in [0.4, 0.5) is 17.3 Å². The Balaban J connectivity index is 0.000000336. The van der Waals surface area contributed by atoms with Crippen LogP contribution in [0.25, 0.3) is 0 Å². The second-order valence-corrected chi connectivity index (χ2v) is 4.11. The van der Waals surface area contributed by atoms with E-state index in [-0.39, 0.29) is 0 Å². The third kappa shape index (κ3) is 9.31. The third-order valence-electron chi connectivity index (χ3n) is 1.64.